The van der Waals surface area contributed by atoms with Crippen LogP contribution in [0.4, 0.5) is 0 Å². The van der Waals surface area contributed by atoms with Crippen LogP contribution in [-0.2, 0) is 5.41 Å². The summed E-state index contributed by atoms with van der Waals surface area (Å²) in [5, 5.41) is 0. The molecule has 9 aromatic carbocycles. The van der Waals surface area contributed by atoms with Crippen LogP contribution in [0.5, 0.6) is 11.5 Å². The summed E-state index contributed by atoms with van der Waals surface area (Å²) in [6, 6.07) is 72.5. The molecule has 1 aliphatic heterocycles. The highest BCUT2D eigenvalue weighted by molar-refractivity contribution is 5.92. The molecule has 13 rings (SSSR count). The first-order chi connectivity index (χ1) is 30.7. The number of hydrogen-bond donors (Lipinski definition) is 0. The third kappa shape index (κ3) is 5.22. The fourth-order valence-electron chi connectivity index (χ4n) is 9.82. The topological polar surface area (TPSA) is 61.3 Å². The second-order valence-corrected chi connectivity index (χ2v) is 16.1. The van der Waals surface area contributed by atoms with E-state index in [1.54, 1.807) is 0 Å². The monoisotopic (exact) mass is 794 g/mol. The first-order valence-corrected chi connectivity index (χ1v) is 20.9. The molecular formula is C57H34N2O3. The summed E-state index contributed by atoms with van der Waals surface area (Å²) in [5.74, 6) is 2.94. The van der Waals surface area contributed by atoms with Crippen LogP contribution in [0.3, 0.4) is 0 Å². The van der Waals surface area contributed by atoms with Crippen molar-refractivity contribution in [3.8, 4) is 78.9 Å². The maximum absolute atomic E-state index is 6.63. The zero-order valence-electron chi connectivity index (χ0n) is 33.2. The molecule has 1 spiro atoms. The average molecular weight is 795 g/mol. The Morgan fingerprint density at radius 1 is 0.306 bits per heavy atom. The highest BCUT2D eigenvalue weighted by atomic mass is 16.5. The van der Waals surface area contributed by atoms with Crippen molar-refractivity contribution in [1.82, 2.24) is 9.97 Å². The summed E-state index contributed by atoms with van der Waals surface area (Å²) in [5.41, 5.74) is 18.2. The molecule has 0 atom stereocenters. The number of fused-ring (bicyclic) bond motifs is 11. The van der Waals surface area contributed by atoms with E-state index in [-0.39, 0.29) is 0 Å². The number of oxazole rings is 2. The van der Waals surface area contributed by atoms with Crippen molar-refractivity contribution in [2.75, 3.05) is 0 Å². The van der Waals surface area contributed by atoms with Gasteiger partial charge in [-0.15, -0.1) is 0 Å². The van der Waals surface area contributed by atoms with E-state index in [4.69, 9.17) is 23.5 Å². The fraction of sp³-hybridized carbons (Fsp3) is 0.0175. The molecule has 5 nitrogen and oxygen atoms in total. The standard InChI is InChI=1S/C57H34N2O3/c1-2-18-45-43(17-1)44-28-27-37(34-48(44)57(45)46-19-3-7-23-51(46)60-52-24-8-4-20-47(52)57)42-32-40(35-13-11-15-38(29-35)55-58-49-21-5-9-25-53(49)61-55)31-41(33-42)36-14-12-16-39(30-36)56-59-50-22-6-10-26-54(50)62-56/h1-34H. The van der Waals surface area contributed by atoms with Crippen molar-refractivity contribution in [3.05, 3.63) is 229 Å². The molecule has 0 unspecified atom stereocenters. The molecule has 0 fully saturated rings. The minimum absolute atomic E-state index is 0.574. The number of aromatic nitrogens is 2. The normalized spacial score (nSPS) is 13.1. The van der Waals surface area contributed by atoms with Crippen LogP contribution in [0.1, 0.15) is 22.3 Å². The molecule has 0 saturated heterocycles. The Morgan fingerprint density at radius 2 is 0.742 bits per heavy atom. The summed E-state index contributed by atoms with van der Waals surface area (Å²) in [6.07, 6.45) is 0. The molecular weight excluding hydrogens is 761 g/mol. The fourth-order valence-corrected chi connectivity index (χ4v) is 9.82. The van der Waals surface area contributed by atoms with Gasteiger partial charge in [0.1, 0.15) is 22.5 Å². The van der Waals surface area contributed by atoms with Gasteiger partial charge in [0, 0.05) is 22.3 Å². The summed E-state index contributed by atoms with van der Waals surface area (Å²) in [6.45, 7) is 0. The first-order valence-electron chi connectivity index (χ1n) is 20.9. The Bertz CT molecular complexity index is 3350. The second kappa shape index (κ2) is 13.4. The third-order valence-electron chi connectivity index (χ3n) is 12.6. The molecule has 2 aliphatic rings. The van der Waals surface area contributed by atoms with Crippen LogP contribution in [0.25, 0.3) is 89.6 Å². The zero-order chi connectivity index (χ0) is 40.8. The van der Waals surface area contributed by atoms with Gasteiger partial charge in [0.05, 0.1) is 5.41 Å². The van der Waals surface area contributed by atoms with Gasteiger partial charge in [-0.1, -0.05) is 121 Å². The van der Waals surface area contributed by atoms with E-state index in [1.165, 1.54) is 22.3 Å². The van der Waals surface area contributed by atoms with E-state index in [0.29, 0.717) is 11.8 Å². The number of benzene rings is 9. The molecule has 3 heterocycles. The minimum atomic E-state index is -0.574. The average Bonchev–Trinajstić information content (AvgIpc) is 4.05. The molecule has 0 bridgehead atoms. The zero-order valence-corrected chi connectivity index (χ0v) is 33.2. The Hall–Kier alpha value is -8.28. The Labute approximate surface area is 357 Å². The minimum Gasteiger partial charge on any atom is -0.457 e. The highest BCUT2D eigenvalue weighted by Gasteiger charge is 2.51. The molecule has 290 valence electrons. The SMILES string of the molecule is c1cc(-c2cc(-c3cccc(-c4nc5ccccc5o4)c3)cc(-c3ccc4c(c3)C3(c5ccccc5Oc5ccccc53)c3ccccc3-4)c2)cc(-c2nc3ccccc3o2)c1. The number of para-hydroxylation sites is 6. The lowest BCUT2D eigenvalue weighted by molar-refractivity contribution is 0.436. The largest absolute Gasteiger partial charge is 0.457 e. The van der Waals surface area contributed by atoms with Crippen LogP contribution in [0.15, 0.2) is 215 Å². The molecule has 2 aromatic heterocycles. The van der Waals surface area contributed by atoms with E-state index in [0.717, 1.165) is 89.3 Å². The van der Waals surface area contributed by atoms with Gasteiger partial charge in [-0.25, -0.2) is 9.97 Å². The van der Waals surface area contributed by atoms with Crippen LogP contribution < -0.4 is 4.74 Å². The molecule has 0 radical (unpaired) electrons. The van der Waals surface area contributed by atoms with Crippen LogP contribution in [0.2, 0.25) is 0 Å². The van der Waals surface area contributed by atoms with Crippen LogP contribution in [-0.4, -0.2) is 9.97 Å². The van der Waals surface area contributed by atoms with E-state index >= 15 is 0 Å². The van der Waals surface area contributed by atoms with Crippen molar-refractivity contribution in [1.29, 1.82) is 0 Å². The Kier molecular flexibility index (Phi) is 7.45. The second-order valence-electron chi connectivity index (χ2n) is 16.1. The van der Waals surface area contributed by atoms with Gasteiger partial charge in [-0.3, -0.25) is 0 Å². The van der Waals surface area contributed by atoms with Gasteiger partial charge in [-0.05, 0) is 141 Å². The number of ether oxygens (including phenoxy) is 1. The molecule has 0 N–H and O–H groups in total. The van der Waals surface area contributed by atoms with Crippen molar-refractivity contribution in [2.24, 2.45) is 0 Å². The lowest BCUT2D eigenvalue weighted by Gasteiger charge is -2.39. The predicted octanol–water partition coefficient (Wildman–Crippen LogP) is 14.8. The van der Waals surface area contributed by atoms with E-state index in [2.05, 4.69) is 158 Å². The Morgan fingerprint density at radius 3 is 1.31 bits per heavy atom. The molecule has 0 amide bonds. The molecule has 62 heavy (non-hydrogen) atoms. The maximum atomic E-state index is 6.63. The Balaban J connectivity index is 1.02. The lowest BCUT2D eigenvalue weighted by atomic mass is 9.66. The quantitative estimate of drug-likeness (QED) is 0.174. The van der Waals surface area contributed by atoms with Gasteiger partial charge in [0.15, 0.2) is 11.2 Å². The molecule has 11 aromatic rings. The number of nitrogens with zero attached hydrogens (tertiary/aromatic N) is 2. The molecule has 0 saturated carbocycles. The van der Waals surface area contributed by atoms with E-state index < -0.39 is 5.41 Å². The van der Waals surface area contributed by atoms with Crippen LogP contribution in [0, 0.1) is 0 Å². The van der Waals surface area contributed by atoms with Crippen LogP contribution >= 0.6 is 0 Å². The van der Waals surface area contributed by atoms with Crippen molar-refractivity contribution in [2.45, 2.75) is 5.41 Å². The van der Waals surface area contributed by atoms with Gasteiger partial charge in [-0.2, -0.15) is 0 Å². The predicted molar refractivity (Wildman–Crippen MR) is 246 cm³/mol. The van der Waals surface area contributed by atoms with Gasteiger partial charge < -0.3 is 13.6 Å². The molecule has 5 heteroatoms. The number of rotatable bonds is 5. The van der Waals surface area contributed by atoms with Crippen molar-refractivity contribution < 1.29 is 13.6 Å². The lowest BCUT2D eigenvalue weighted by Crippen LogP contribution is -2.32. The summed E-state index contributed by atoms with van der Waals surface area (Å²) < 4.78 is 19.1. The first kappa shape index (κ1) is 34.6. The van der Waals surface area contributed by atoms with Gasteiger partial charge >= 0.3 is 0 Å². The number of hydrogen-bond acceptors (Lipinski definition) is 5. The van der Waals surface area contributed by atoms with Gasteiger partial charge in [0.2, 0.25) is 11.8 Å². The van der Waals surface area contributed by atoms with E-state index in [1.807, 2.05) is 48.5 Å². The van der Waals surface area contributed by atoms with Crippen molar-refractivity contribution >= 4 is 22.2 Å². The summed E-state index contributed by atoms with van der Waals surface area (Å²) in [4.78, 5) is 9.67. The molecule has 1 aliphatic carbocycles. The van der Waals surface area contributed by atoms with Gasteiger partial charge in [0.25, 0.3) is 0 Å². The van der Waals surface area contributed by atoms with E-state index in [9.17, 15) is 0 Å². The summed E-state index contributed by atoms with van der Waals surface area (Å²) in [7, 11) is 0. The maximum Gasteiger partial charge on any atom is 0.227 e. The highest BCUT2D eigenvalue weighted by Crippen LogP contribution is 2.62. The summed E-state index contributed by atoms with van der Waals surface area (Å²) >= 11 is 0. The smallest absolute Gasteiger partial charge is 0.227 e. The third-order valence-corrected chi connectivity index (χ3v) is 12.6. The van der Waals surface area contributed by atoms with Crippen molar-refractivity contribution in [3.63, 3.8) is 0 Å².